The van der Waals surface area contributed by atoms with Crippen LogP contribution in [0.25, 0.3) is 5.69 Å². The van der Waals surface area contributed by atoms with Crippen molar-refractivity contribution >= 4 is 17.5 Å². The molecule has 26 heavy (non-hydrogen) atoms. The number of halogens is 2. The van der Waals surface area contributed by atoms with E-state index in [1.54, 1.807) is 43.3 Å². The van der Waals surface area contributed by atoms with E-state index >= 15 is 0 Å². The average molecular weight is 375 g/mol. The number of nitrogens with zero attached hydrogens (tertiary/aromatic N) is 3. The Morgan fingerprint density at radius 3 is 2.58 bits per heavy atom. The maximum atomic E-state index is 13.0. The highest BCUT2D eigenvalue weighted by molar-refractivity contribution is 6.30. The van der Waals surface area contributed by atoms with Crippen molar-refractivity contribution in [3.8, 4) is 11.4 Å². The van der Waals surface area contributed by atoms with Crippen molar-refractivity contribution in [3.63, 3.8) is 0 Å². The fraction of sp³-hybridized carbons (Fsp3) is 0.167. The minimum Gasteiger partial charge on any atom is -0.492 e. The van der Waals surface area contributed by atoms with Crippen LogP contribution in [-0.2, 0) is 0 Å². The van der Waals surface area contributed by atoms with E-state index in [1.807, 2.05) is 0 Å². The van der Waals surface area contributed by atoms with Crippen LogP contribution in [0.4, 0.5) is 4.39 Å². The van der Waals surface area contributed by atoms with Crippen molar-refractivity contribution in [3.05, 3.63) is 71.0 Å². The molecule has 0 saturated heterocycles. The molecule has 0 spiro atoms. The first kappa shape index (κ1) is 17.9. The lowest BCUT2D eigenvalue weighted by atomic mass is 10.3. The maximum Gasteiger partial charge on any atom is 0.291 e. The predicted molar refractivity (Wildman–Crippen MR) is 95.3 cm³/mol. The number of hydrogen-bond donors (Lipinski definition) is 1. The molecule has 3 rings (SSSR count). The summed E-state index contributed by atoms with van der Waals surface area (Å²) < 4.78 is 20.0. The van der Waals surface area contributed by atoms with Gasteiger partial charge in [0, 0.05) is 5.02 Å². The van der Waals surface area contributed by atoms with Gasteiger partial charge in [-0.1, -0.05) is 11.6 Å². The lowest BCUT2D eigenvalue weighted by Gasteiger charge is -2.06. The van der Waals surface area contributed by atoms with Crippen LogP contribution in [0.3, 0.4) is 0 Å². The van der Waals surface area contributed by atoms with E-state index in [0.29, 0.717) is 35.4 Å². The van der Waals surface area contributed by atoms with Crippen LogP contribution in [-0.4, -0.2) is 33.8 Å². The molecule has 0 saturated carbocycles. The first-order chi connectivity index (χ1) is 12.5. The van der Waals surface area contributed by atoms with Gasteiger partial charge in [-0.2, -0.15) is 0 Å². The molecule has 0 radical (unpaired) electrons. The molecule has 1 N–H and O–H groups in total. The van der Waals surface area contributed by atoms with E-state index in [0.717, 1.165) is 0 Å². The van der Waals surface area contributed by atoms with Gasteiger partial charge in [-0.25, -0.2) is 14.1 Å². The molecular weight excluding hydrogens is 359 g/mol. The highest BCUT2D eigenvalue weighted by Gasteiger charge is 2.14. The summed E-state index contributed by atoms with van der Waals surface area (Å²) in [6, 6.07) is 12.7. The smallest absolute Gasteiger partial charge is 0.291 e. The Balaban J connectivity index is 1.55. The Kier molecular flexibility index (Phi) is 5.48. The fourth-order valence-electron chi connectivity index (χ4n) is 2.26. The van der Waals surface area contributed by atoms with E-state index in [9.17, 15) is 9.18 Å². The number of carbonyl (C=O) groups excluding carboxylic acids is 1. The number of hydrogen-bond acceptors (Lipinski definition) is 4. The van der Waals surface area contributed by atoms with E-state index in [-0.39, 0.29) is 11.6 Å². The maximum absolute atomic E-state index is 13.0. The van der Waals surface area contributed by atoms with E-state index in [4.69, 9.17) is 16.3 Å². The third-order valence-corrected chi connectivity index (χ3v) is 3.77. The van der Waals surface area contributed by atoms with Gasteiger partial charge in [-0.05, 0) is 55.5 Å². The van der Waals surface area contributed by atoms with Crippen molar-refractivity contribution in [1.29, 1.82) is 0 Å². The monoisotopic (exact) mass is 374 g/mol. The van der Waals surface area contributed by atoms with Crippen LogP contribution in [0.1, 0.15) is 16.4 Å². The quantitative estimate of drug-likeness (QED) is 0.673. The molecule has 1 amide bonds. The summed E-state index contributed by atoms with van der Waals surface area (Å²) in [6.45, 7) is 2.31. The SMILES string of the molecule is Cc1nc(C(=O)NCCOc2ccc(Cl)cc2)nn1-c1ccc(F)cc1. The second-order valence-electron chi connectivity index (χ2n) is 5.43. The molecular formula is C18H16ClFN4O2. The summed E-state index contributed by atoms with van der Waals surface area (Å²) in [6.07, 6.45) is 0. The molecule has 1 heterocycles. The number of aryl methyl sites for hydroxylation is 1. The van der Waals surface area contributed by atoms with E-state index < -0.39 is 5.91 Å². The number of amides is 1. The standard InChI is InChI=1S/C18H16ClFN4O2/c1-12-22-17(23-24(12)15-6-4-14(20)5-7-15)18(25)21-10-11-26-16-8-2-13(19)3-9-16/h2-9H,10-11H2,1H3,(H,21,25). The Hall–Kier alpha value is -2.93. The molecule has 0 aliphatic carbocycles. The van der Waals surface area contributed by atoms with Crippen LogP contribution < -0.4 is 10.1 Å². The van der Waals surface area contributed by atoms with Gasteiger partial charge in [0.05, 0.1) is 12.2 Å². The van der Waals surface area contributed by atoms with Gasteiger partial charge in [0.2, 0.25) is 5.82 Å². The number of aromatic nitrogens is 3. The predicted octanol–water partition coefficient (Wildman–Crippen LogP) is 3.18. The second kappa shape index (κ2) is 7.97. The lowest BCUT2D eigenvalue weighted by molar-refractivity contribution is 0.0936. The van der Waals surface area contributed by atoms with Crippen molar-refractivity contribution in [2.75, 3.05) is 13.2 Å². The fourth-order valence-corrected chi connectivity index (χ4v) is 2.38. The molecule has 134 valence electrons. The van der Waals surface area contributed by atoms with Gasteiger partial charge < -0.3 is 10.1 Å². The van der Waals surface area contributed by atoms with Gasteiger partial charge >= 0.3 is 0 Å². The Bertz CT molecular complexity index is 895. The molecule has 0 aliphatic rings. The van der Waals surface area contributed by atoms with Gasteiger partial charge in [0.15, 0.2) is 0 Å². The topological polar surface area (TPSA) is 69.0 Å². The van der Waals surface area contributed by atoms with E-state index in [1.165, 1.54) is 16.8 Å². The van der Waals surface area contributed by atoms with Gasteiger partial charge in [-0.3, -0.25) is 4.79 Å². The summed E-state index contributed by atoms with van der Waals surface area (Å²) in [4.78, 5) is 16.3. The summed E-state index contributed by atoms with van der Waals surface area (Å²) in [5.41, 5.74) is 0.626. The Labute approximate surface area is 154 Å². The molecule has 0 aliphatic heterocycles. The number of nitrogens with one attached hydrogen (secondary N) is 1. The van der Waals surface area contributed by atoms with Gasteiger partial charge in [0.25, 0.3) is 5.91 Å². The molecule has 1 aromatic heterocycles. The van der Waals surface area contributed by atoms with Gasteiger partial charge in [0.1, 0.15) is 24.0 Å². The molecule has 6 nitrogen and oxygen atoms in total. The third kappa shape index (κ3) is 4.37. The summed E-state index contributed by atoms with van der Waals surface area (Å²) in [5, 5.41) is 7.49. The Morgan fingerprint density at radius 2 is 1.88 bits per heavy atom. The first-order valence-corrected chi connectivity index (χ1v) is 8.27. The Morgan fingerprint density at radius 1 is 1.19 bits per heavy atom. The van der Waals surface area contributed by atoms with Crippen LogP contribution in [0.5, 0.6) is 5.75 Å². The number of benzene rings is 2. The molecule has 0 atom stereocenters. The molecule has 2 aromatic carbocycles. The summed E-state index contributed by atoms with van der Waals surface area (Å²) >= 11 is 5.80. The van der Waals surface area contributed by atoms with Crippen molar-refractivity contribution in [1.82, 2.24) is 20.1 Å². The minimum absolute atomic E-state index is 0.0401. The van der Waals surface area contributed by atoms with Crippen molar-refractivity contribution < 1.29 is 13.9 Å². The number of rotatable bonds is 6. The van der Waals surface area contributed by atoms with Crippen LogP contribution in [0.2, 0.25) is 5.02 Å². The second-order valence-corrected chi connectivity index (χ2v) is 5.87. The molecule has 0 bridgehead atoms. The average Bonchev–Trinajstić information content (AvgIpc) is 3.02. The van der Waals surface area contributed by atoms with Crippen LogP contribution in [0, 0.1) is 12.7 Å². The lowest BCUT2D eigenvalue weighted by Crippen LogP contribution is -2.29. The van der Waals surface area contributed by atoms with Crippen molar-refractivity contribution in [2.45, 2.75) is 6.92 Å². The normalized spacial score (nSPS) is 10.6. The zero-order chi connectivity index (χ0) is 18.5. The zero-order valence-electron chi connectivity index (χ0n) is 13.9. The molecule has 8 heteroatoms. The van der Waals surface area contributed by atoms with Crippen LogP contribution in [0.15, 0.2) is 48.5 Å². The minimum atomic E-state index is -0.409. The molecule has 0 fully saturated rings. The number of carbonyl (C=O) groups is 1. The summed E-state index contributed by atoms with van der Waals surface area (Å²) in [5.74, 6) is 0.481. The third-order valence-electron chi connectivity index (χ3n) is 3.51. The van der Waals surface area contributed by atoms with Crippen molar-refractivity contribution in [2.24, 2.45) is 0 Å². The molecule has 0 unspecified atom stereocenters. The zero-order valence-corrected chi connectivity index (χ0v) is 14.7. The largest absolute Gasteiger partial charge is 0.492 e. The van der Waals surface area contributed by atoms with Gasteiger partial charge in [-0.15, -0.1) is 5.10 Å². The highest BCUT2D eigenvalue weighted by Crippen LogP contribution is 2.15. The number of ether oxygens (including phenoxy) is 1. The summed E-state index contributed by atoms with van der Waals surface area (Å²) in [7, 11) is 0. The first-order valence-electron chi connectivity index (χ1n) is 7.89. The highest BCUT2D eigenvalue weighted by atomic mass is 35.5. The van der Waals surface area contributed by atoms with Crippen LogP contribution >= 0.6 is 11.6 Å². The molecule has 3 aromatic rings. The van der Waals surface area contributed by atoms with E-state index in [2.05, 4.69) is 15.4 Å².